The fourth-order valence-electron chi connectivity index (χ4n) is 3.24. The van der Waals surface area contributed by atoms with Crippen LogP contribution in [0.4, 0.5) is 4.39 Å². The summed E-state index contributed by atoms with van der Waals surface area (Å²) in [7, 11) is 1.92. The van der Waals surface area contributed by atoms with E-state index in [4.69, 9.17) is 0 Å². The number of thioether (sulfide) groups is 1. The van der Waals surface area contributed by atoms with Crippen LogP contribution in [0.1, 0.15) is 54.0 Å². The number of carbonyl (C=O) groups excluding carboxylic acids is 1. The zero-order valence-electron chi connectivity index (χ0n) is 17.2. The average Bonchev–Trinajstić information content (AvgIpc) is 3.06. The Balaban J connectivity index is 1.66. The Kier molecular flexibility index (Phi) is 6.85. The number of aromatic nitrogens is 3. The summed E-state index contributed by atoms with van der Waals surface area (Å²) < 4.78 is 15.0. The minimum atomic E-state index is -0.349. The molecule has 0 radical (unpaired) electrons. The molecule has 0 spiro atoms. The van der Waals surface area contributed by atoms with Crippen LogP contribution in [-0.4, -0.2) is 26.3 Å². The third-order valence-corrected chi connectivity index (χ3v) is 5.90. The molecular weight excluding hydrogens is 385 g/mol. The molecule has 1 atom stereocenters. The van der Waals surface area contributed by atoms with Gasteiger partial charge in [-0.25, -0.2) is 4.39 Å². The lowest BCUT2D eigenvalue weighted by atomic mass is 9.96. The minimum Gasteiger partial charge on any atom is -0.309 e. The Morgan fingerprint density at radius 1 is 1.03 bits per heavy atom. The second-order valence-corrected chi connectivity index (χ2v) is 8.62. The van der Waals surface area contributed by atoms with Crippen molar-refractivity contribution in [1.82, 2.24) is 14.8 Å². The summed E-state index contributed by atoms with van der Waals surface area (Å²) in [6.07, 6.45) is 1.07. The smallest absolute Gasteiger partial charge is 0.191 e. The van der Waals surface area contributed by atoms with Gasteiger partial charge in [-0.15, -0.1) is 10.2 Å². The molecule has 1 aromatic heterocycles. The number of hydrogen-bond donors (Lipinski definition) is 0. The Bertz CT molecular complexity index is 965. The van der Waals surface area contributed by atoms with Crippen LogP contribution in [0.15, 0.2) is 53.7 Å². The fraction of sp³-hybridized carbons (Fsp3) is 0.348. The van der Waals surface area contributed by atoms with E-state index in [2.05, 4.69) is 55.2 Å². The zero-order valence-corrected chi connectivity index (χ0v) is 18.0. The minimum absolute atomic E-state index is 0.0617. The molecule has 3 aromatic rings. The van der Waals surface area contributed by atoms with Gasteiger partial charge < -0.3 is 4.57 Å². The standard InChI is InChI=1S/C23H26FN3OS/c1-15(2)13-17-5-7-18(8-6-17)16(3)22-25-26-23(27(22)4)29-14-21(28)19-9-11-20(24)12-10-19/h5-12,15-16H,13-14H2,1-4H3. The van der Waals surface area contributed by atoms with Crippen LogP contribution in [0.2, 0.25) is 0 Å². The second kappa shape index (κ2) is 9.35. The van der Waals surface area contributed by atoms with Crippen molar-refractivity contribution in [2.75, 3.05) is 5.75 Å². The summed E-state index contributed by atoms with van der Waals surface area (Å²) in [5, 5.41) is 9.31. The van der Waals surface area contributed by atoms with Crippen molar-refractivity contribution in [3.63, 3.8) is 0 Å². The monoisotopic (exact) mass is 411 g/mol. The molecule has 0 bridgehead atoms. The molecule has 152 valence electrons. The van der Waals surface area contributed by atoms with Crippen molar-refractivity contribution in [2.24, 2.45) is 13.0 Å². The van der Waals surface area contributed by atoms with Gasteiger partial charge in [-0.05, 0) is 47.7 Å². The van der Waals surface area contributed by atoms with Gasteiger partial charge in [0.15, 0.2) is 10.9 Å². The van der Waals surface area contributed by atoms with Crippen LogP contribution in [0.3, 0.4) is 0 Å². The van der Waals surface area contributed by atoms with Gasteiger partial charge in [0.2, 0.25) is 0 Å². The fourth-order valence-corrected chi connectivity index (χ4v) is 4.05. The number of rotatable bonds is 8. The number of halogens is 1. The summed E-state index contributed by atoms with van der Waals surface area (Å²) in [4.78, 5) is 12.3. The number of carbonyl (C=O) groups is 1. The maximum Gasteiger partial charge on any atom is 0.191 e. The van der Waals surface area contributed by atoms with Crippen molar-refractivity contribution >= 4 is 17.5 Å². The van der Waals surface area contributed by atoms with E-state index in [0.29, 0.717) is 16.6 Å². The van der Waals surface area contributed by atoms with E-state index >= 15 is 0 Å². The molecule has 0 saturated carbocycles. The Morgan fingerprint density at radius 3 is 2.31 bits per heavy atom. The normalized spacial score (nSPS) is 12.3. The molecule has 1 unspecified atom stereocenters. The second-order valence-electron chi connectivity index (χ2n) is 7.68. The lowest BCUT2D eigenvalue weighted by Gasteiger charge is -2.13. The largest absolute Gasteiger partial charge is 0.309 e. The quantitative estimate of drug-likeness (QED) is 0.374. The van der Waals surface area contributed by atoms with Gasteiger partial charge in [0.1, 0.15) is 11.6 Å². The third kappa shape index (κ3) is 5.32. The molecular formula is C23H26FN3OS. The number of hydrogen-bond acceptors (Lipinski definition) is 4. The predicted molar refractivity (Wildman–Crippen MR) is 115 cm³/mol. The molecule has 4 nitrogen and oxygen atoms in total. The van der Waals surface area contributed by atoms with Crippen LogP contribution in [-0.2, 0) is 13.5 Å². The van der Waals surface area contributed by atoms with Gasteiger partial charge in [0, 0.05) is 18.5 Å². The first-order valence-corrected chi connectivity index (χ1v) is 10.7. The summed E-state index contributed by atoms with van der Waals surface area (Å²) in [6, 6.07) is 14.3. The summed E-state index contributed by atoms with van der Waals surface area (Å²) in [5.74, 6) is 1.41. The van der Waals surface area contributed by atoms with Crippen molar-refractivity contribution in [2.45, 2.75) is 38.3 Å². The van der Waals surface area contributed by atoms with Crippen molar-refractivity contribution in [3.8, 4) is 0 Å². The lowest BCUT2D eigenvalue weighted by molar-refractivity contribution is 0.102. The molecule has 3 rings (SSSR count). The first-order valence-electron chi connectivity index (χ1n) is 9.75. The van der Waals surface area contributed by atoms with Gasteiger partial charge in [-0.2, -0.15) is 0 Å². The highest BCUT2D eigenvalue weighted by Gasteiger charge is 2.18. The molecule has 0 saturated heterocycles. The number of Topliss-reactive ketones (excluding diaryl/α,β-unsaturated/α-hetero) is 1. The summed E-state index contributed by atoms with van der Waals surface area (Å²) >= 11 is 1.34. The third-order valence-electron chi connectivity index (χ3n) is 4.88. The highest BCUT2D eigenvalue weighted by molar-refractivity contribution is 7.99. The van der Waals surface area contributed by atoms with Crippen LogP contribution in [0, 0.1) is 11.7 Å². The molecule has 29 heavy (non-hydrogen) atoms. The zero-order chi connectivity index (χ0) is 21.0. The molecule has 1 heterocycles. The molecule has 2 aromatic carbocycles. The first-order chi connectivity index (χ1) is 13.8. The van der Waals surface area contributed by atoms with Gasteiger partial charge in [-0.1, -0.05) is 56.8 Å². The molecule has 6 heteroatoms. The van der Waals surface area contributed by atoms with E-state index in [1.165, 1.54) is 47.2 Å². The summed E-state index contributed by atoms with van der Waals surface area (Å²) in [5.41, 5.74) is 3.02. The van der Waals surface area contributed by atoms with Crippen molar-refractivity contribution in [1.29, 1.82) is 0 Å². The molecule has 0 amide bonds. The van der Waals surface area contributed by atoms with E-state index in [1.54, 1.807) is 0 Å². The highest BCUT2D eigenvalue weighted by atomic mass is 32.2. The van der Waals surface area contributed by atoms with Crippen molar-refractivity contribution in [3.05, 3.63) is 76.9 Å². The van der Waals surface area contributed by atoms with Crippen LogP contribution in [0.5, 0.6) is 0 Å². The van der Waals surface area contributed by atoms with Gasteiger partial charge in [0.05, 0.1) is 5.75 Å². The Labute approximate surface area is 175 Å². The van der Waals surface area contributed by atoms with Crippen LogP contribution in [0.25, 0.3) is 0 Å². The Morgan fingerprint density at radius 2 is 1.69 bits per heavy atom. The highest BCUT2D eigenvalue weighted by Crippen LogP contribution is 2.26. The topological polar surface area (TPSA) is 47.8 Å². The maximum absolute atomic E-state index is 13.0. The number of benzene rings is 2. The first kappa shape index (κ1) is 21.2. The summed E-state index contributed by atoms with van der Waals surface area (Å²) in [6.45, 7) is 6.55. The SMILES string of the molecule is CC(C)Cc1ccc(C(C)c2nnc(SCC(=O)c3ccc(F)cc3)n2C)cc1. The van der Waals surface area contributed by atoms with Gasteiger partial charge >= 0.3 is 0 Å². The molecule has 0 N–H and O–H groups in total. The Hall–Kier alpha value is -2.47. The lowest BCUT2D eigenvalue weighted by Crippen LogP contribution is -2.07. The molecule has 0 aliphatic rings. The van der Waals surface area contributed by atoms with Gasteiger partial charge in [0.25, 0.3) is 0 Å². The van der Waals surface area contributed by atoms with E-state index in [1.807, 2.05) is 11.6 Å². The van der Waals surface area contributed by atoms with E-state index < -0.39 is 0 Å². The number of ketones is 1. The van der Waals surface area contributed by atoms with Gasteiger partial charge in [-0.3, -0.25) is 4.79 Å². The molecule has 0 aliphatic carbocycles. The maximum atomic E-state index is 13.0. The van der Waals surface area contributed by atoms with E-state index in [9.17, 15) is 9.18 Å². The number of nitrogens with zero attached hydrogens (tertiary/aromatic N) is 3. The molecule has 0 aliphatic heterocycles. The van der Waals surface area contributed by atoms with Crippen LogP contribution >= 0.6 is 11.8 Å². The average molecular weight is 412 g/mol. The van der Waals surface area contributed by atoms with E-state index in [-0.39, 0.29) is 23.3 Å². The van der Waals surface area contributed by atoms with Crippen LogP contribution < -0.4 is 0 Å². The van der Waals surface area contributed by atoms with E-state index in [0.717, 1.165) is 12.2 Å². The van der Waals surface area contributed by atoms with Crippen molar-refractivity contribution < 1.29 is 9.18 Å². The molecule has 0 fully saturated rings. The predicted octanol–water partition coefficient (Wildman–Crippen LogP) is 5.28.